The Balaban J connectivity index is 1.32. The molecule has 1 saturated heterocycles. The van der Waals surface area contributed by atoms with Gasteiger partial charge in [0.25, 0.3) is 17.9 Å². The van der Waals surface area contributed by atoms with Gasteiger partial charge in [-0.1, -0.05) is 17.7 Å². The van der Waals surface area contributed by atoms with Crippen LogP contribution in [0.25, 0.3) is 16.6 Å². The third-order valence-corrected chi connectivity index (χ3v) is 12.6. The maximum atomic E-state index is 15.5. The van der Waals surface area contributed by atoms with E-state index in [4.69, 9.17) is 22.0 Å². The Hall–Kier alpha value is -5.47. The van der Waals surface area contributed by atoms with Crippen molar-refractivity contribution in [3.63, 3.8) is 0 Å². The van der Waals surface area contributed by atoms with Crippen LogP contribution >= 0.6 is 11.6 Å². The van der Waals surface area contributed by atoms with Gasteiger partial charge in [-0.05, 0) is 98.8 Å². The first-order chi connectivity index (χ1) is 29.2. The third-order valence-electron chi connectivity index (χ3n) is 11.7. The Morgan fingerprint density at radius 1 is 1.06 bits per heavy atom. The number of sulfonamides is 1. The molecule has 62 heavy (non-hydrogen) atoms. The molecule has 0 bridgehead atoms. The number of fused-ring (bicyclic) bond motifs is 4. The van der Waals surface area contributed by atoms with Crippen molar-refractivity contribution in [2.24, 2.45) is 5.92 Å². The number of carbonyl (C=O) groups is 1. The maximum absolute atomic E-state index is 15.5. The number of piperidine rings is 1. The van der Waals surface area contributed by atoms with Crippen LogP contribution in [0.3, 0.4) is 0 Å². The van der Waals surface area contributed by atoms with Crippen LogP contribution in [0.5, 0.6) is 0 Å². The second-order valence-electron chi connectivity index (χ2n) is 16.1. The number of likely N-dealkylation sites (tertiary alicyclic amines) is 1. The van der Waals surface area contributed by atoms with E-state index in [-0.39, 0.29) is 62.2 Å². The van der Waals surface area contributed by atoms with Crippen molar-refractivity contribution in [2.75, 3.05) is 38.8 Å². The van der Waals surface area contributed by atoms with Crippen molar-refractivity contribution in [2.45, 2.75) is 62.5 Å². The lowest BCUT2D eigenvalue weighted by molar-refractivity contribution is -0.123. The van der Waals surface area contributed by atoms with Crippen LogP contribution in [0.2, 0.25) is 5.02 Å². The number of amides is 1. The summed E-state index contributed by atoms with van der Waals surface area (Å²) >= 11 is 6.55. The van der Waals surface area contributed by atoms with E-state index in [1.54, 1.807) is 12.1 Å². The van der Waals surface area contributed by atoms with Gasteiger partial charge in [0.15, 0.2) is 0 Å². The van der Waals surface area contributed by atoms with Gasteiger partial charge in [-0.3, -0.25) is 29.0 Å². The molecule has 0 spiro atoms. The second-order valence-corrected chi connectivity index (χ2v) is 18.2. The summed E-state index contributed by atoms with van der Waals surface area (Å²) in [5.41, 5.74) is -1.87. The highest BCUT2D eigenvalue weighted by atomic mass is 35.5. The summed E-state index contributed by atoms with van der Waals surface area (Å²) in [7, 11) is -0.579. The molecule has 8 rings (SSSR count). The third kappa shape index (κ3) is 8.03. The maximum Gasteiger partial charge on any atom is 0.293 e. The number of amidine groups is 1. The molecule has 1 aliphatic heterocycles. The van der Waals surface area contributed by atoms with E-state index in [1.807, 2.05) is 13.1 Å². The number of halogens is 7. The minimum Gasteiger partial charge on any atom is -0.386 e. The number of alkyl halides is 4. The standard InChI is InChI=1S/C41H40ClF6N9O4S/c1-50-34-30(7-6-27(42)33(34)38(49)54-62(3,60)61)57-39(52-28-15-21(4-5-24(28)40(57)59)20-8-10-55(2)11-9-20)29(14-19-12-22(43)16-23(44)13-19)51-31(58)18-56-36-32(35(53-56)37(45)46)25-17-26(25)41(36,47)48/h4-7,12-13,15-16,20,25-26,29,37,50H,8-11,14,17-18H2,1-3H3,(H2,49,54)(H,51,58)/t25-,26+,29-/m0/s1. The zero-order chi connectivity index (χ0) is 44.6. The first-order valence-electron chi connectivity index (χ1n) is 19.6. The molecular weight excluding hydrogens is 864 g/mol. The summed E-state index contributed by atoms with van der Waals surface area (Å²) < 4.78 is 117. The smallest absolute Gasteiger partial charge is 0.293 e. The molecule has 2 fully saturated rings. The molecule has 5 aromatic rings. The van der Waals surface area contributed by atoms with E-state index >= 15 is 8.78 Å². The summed E-state index contributed by atoms with van der Waals surface area (Å²) in [5, 5.41) is 17.9. The SMILES string of the molecule is CNc1c(-n2c([C@H](Cc3cc(F)cc(F)c3)NC(=O)Cn3nc(C(F)F)c4c3C(F)(F)[C@@H]3C[C@H]43)nc3cc(C4CCN(C)CC4)ccc3c2=O)ccc(Cl)c1C(=N)NS(C)(=O)=O. The minimum atomic E-state index is -4.01. The average Bonchev–Trinajstić information content (AvgIpc) is 3.85. The summed E-state index contributed by atoms with van der Waals surface area (Å²) in [6.45, 7) is 0.667. The van der Waals surface area contributed by atoms with E-state index in [0.29, 0.717) is 10.7 Å². The molecule has 0 radical (unpaired) electrons. The Kier molecular flexibility index (Phi) is 11.2. The lowest BCUT2D eigenvalue weighted by atomic mass is 9.89. The van der Waals surface area contributed by atoms with E-state index in [0.717, 1.165) is 54.5 Å². The molecule has 3 aromatic carbocycles. The zero-order valence-electron chi connectivity index (χ0n) is 33.4. The van der Waals surface area contributed by atoms with Crippen molar-refractivity contribution in [3.8, 4) is 5.69 Å². The molecule has 1 amide bonds. The van der Waals surface area contributed by atoms with Crippen molar-refractivity contribution in [3.05, 3.63) is 115 Å². The molecule has 328 valence electrons. The first kappa shape index (κ1) is 43.2. The van der Waals surface area contributed by atoms with Crippen LogP contribution in [-0.2, 0) is 33.7 Å². The van der Waals surface area contributed by atoms with E-state index in [1.165, 1.54) is 19.2 Å². The van der Waals surface area contributed by atoms with Crippen molar-refractivity contribution >= 4 is 50.0 Å². The van der Waals surface area contributed by atoms with E-state index in [2.05, 4.69) is 25.4 Å². The fraction of sp³-hybridized carbons (Fsp3) is 0.390. The number of hydrogen-bond acceptors (Lipinski definition) is 9. The Morgan fingerprint density at radius 3 is 2.40 bits per heavy atom. The van der Waals surface area contributed by atoms with Gasteiger partial charge in [0, 0.05) is 31.0 Å². The minimum absolute atomic E-state index is 0.000636. The summed E-state index contributed by atoms with van der Waals surface area (Å²) in [5.74, 6) is -9.35. The lowest BCUT2D eigenvalue weighted by Crippen LogP contribution is -2.38. The topological polar surface area (TPSA) is 167 Å². The van der Waals surface area contributed by atoms with Crippen LogP contribution in [-0.4, -0.2) is 77.8 Å². The van der Waals surface area contributed by atoms with Gasteiger partial charge in [-0.2, -0.15) is 13.9 Å². The summed E-state index contributed by atoms with van der Waals surface area (Å²) in [4.78, 5) is 36.2. The van der Waals surface area contributed by atoms with Crippen LogP contribution in [0.1, 0.15) is 83.0 Å². The predicted octanol–water partition coefficient (Wildman–Crippen LogP) is 6.49. The molecular formula is C41H40ClF6N9O4S. The highest BCUT2D eigenvalue weighted by Crippen LogP contribution is 2.68. The van der Waals surface area contributed by atoms with Gasteiger partial charge in [0.2, 0.25) is 15.9 Å². The number of anilines is 1. The Morgan fingerprint density at radius 2 is 1.76 bits per heavy atom. The number of rotatable bonds is 12. The summed E-state index contributed by atoms with van der Waals surface area (Å²) in [6.07, 6.45) is -1.20. The molecule has 0 unspecified atom stereocenters. The normalized spacial score (nSPS) is 19.0. The number of benzene rings is 3. The molecule has 4 N–H and O–H groups in total. The van der Waals surface area contributed by atoms with Gasteiger partial charge in [0.05, 0.1) is 45.2 Å². The van der Waals surface area contributed by atoms with Gasteiger partial charge >= 0.3 is 0 Å². The van der Waals surface area contributed by atoms with Crippen molar-refractivity contribution in [1.82, 2.24) is 34.3 Å². The molecule has 13 nitrogen and oxygen atoms in total. The van der Waals surface area contributed by atoms with Gasteiger partial charge in [0.1, 0.15) is 41.2 Å². The largest absolute Gasteiger partial charge is 0.386 e. The first-order valence-corrected chi connectivity index (χ1v) is 21.9. The van der Waals surface area contributed by atoms with Crippen LogP contribution in [0, 0.1) is 23.0 Å². The predicted molar refractivity (Wildman–Crippen MR) is 219 cm³/mol. The molecule has 1 saturated carbocycles. The zero-order valence-corrected chi connectivity index (χ0v) is 35.0. The highest BCUT2D eigenvalue weighted by molar-refractivity contribution is 7.89. The van der Waals surface area contributed by atoms with Gasteiger partial charge < -0.3 is 15.5 Å². The molecule has 21 heteroatoms. The van der Waals surface area contributed by atoms with Gasteiger partial charge in [-0.15, -0.1) is 0 Å². The lowest BCUT2D eigenvalue weighted by Gasteiger charge is -2.29. The van der Waals surface area contributed by atoms with E-state index < -0.39 is 93.5 Å². The highest BCUT2D eigenvalue weighted by Gasteiger charge is 2.67. The van der Waals surface area contributed by atoms with Gasteiger partial charge in [-0.25, -0.2) is 31.0 Å². The Bertz CT molecular complexity index is 2810. The molecule has 3 atom stereocenters. The molecule has 2 aromatic heterocycles. The average molecular weight is 904 g/mol. The fourth-order valence-corrected chi connectivity index (χ4v) is 9.62. The fourth-order valence-electron chi connectivity index (χ4n) is 8.89. The van der Waals surface area contributed by atoms with Crippen LogP contribution in [0.15, 0.2) is 53.3 Å². The molecule has 2 aliphatic carbocycles. The number of carbonyl (C=O) groups excluding carboxylic acids is 1. The summed E-state index contributed by atoms with van der Waals surface area (Å²) in [6, 6.07) is 8.94. The number of aromatic nitrogens is 4. The van der Waals surface area contributed by atoms with Crippen molar-refractivity contribution in [1.29, 1.82) is 5.41 Å². The van der Waals surface area contributed by atoms with Crippen molar-refractivity contribution < 1.29 is 39.6 Å². The molecule has 3 aliphatic rings. The Labute approximate surface area is 356 Å². The quantitative estimate of drug-likeness (QED) is 0.0627. The second kappa shape index (κ2) is 16.0. The molecule has 3 heterocycles. The monoisotopic (exact) mass is 903 g/mol. The number of nitrogens with zero attached hydrogens (tertiary/aromatic N) is 5. The van der Waals surface area contributed by atoms with E-state index in [9.17, 15) is 35.6 Å². The van der Waals surface area contributed by atoms with Crippen LogP contribution in [0.4, 0.5) is 32.0 Å². The van der Waals surface area contributed by atoms with Crippen LogP contribution < -0.4 is 20.9 Å². The number of hydrogen-bond donors (Lipinski definition) is 4. The number of nitrogens with one attached hydrogen (secondary N) is 4.